The van der Waals surface area contributed by atoms with E-state index in [1.807, 2.05) is 24.3 Å². The summed E-state index contributed by atoms with van der Waals surface area (Å²) in [6.45, 7) is 6.11. The molecular weight excluding hydrogens is 304 g/mol. The molecule has 0 aliphatic rings. The zero-order chi connectivity index (χ0) is 15.2. The number of benzene rings is 1. The normalized spacial score (nSPS) is 11.7. The van der Waals surface area contributed by atoms with Crippen LogP contribution >= 0.6 is 22.9 Å². The lowest BCUT2D eigenvalue weighted by molar-refractivity contribution is 0.0958. The Hall–Kier alpha value is -1.78. The Morgan fingerprint density at radius 3 is 2.62 bits per heavy atom. The van der Waals surface area contributed by atoms with E-state index < -0.39 is 0 Å². The van der Waals surface area contributed by atoms with E-state index in [9.17, 15) is 4.79 Å². The van der Waals surface area contributed by atoms with Crippen LogP contribution < -0.4 is 10.6 Å². The fourth-order valence-corrected chi connectivity index (χ4v) is 2.93. The summed E-state index contributed by atoms with van der Waals surface area (Å²) in [7, 11) is 0. The van der Waals surface area contributed by atoms with Crippen LogP contribution in [-0.2, 0) is 0 Å². The Balaban J connectivity index is 1.99. The average Bonchev–Trinajstić information content (AvgIpc) is 2.92. The van der Waals surface area contributed by atoms with E-state index in [4.69, 9.17) is 11.6 Å². The van der Waals surface area contributed by atoms with Crippen LogP contribution in [0.1, 0.15) is 28.2 Å². The summed E-state index contributed by atoms with van der Waals surface area (Å²) in [6, 6.07) is 11.5. The predicted molar refractivity (Wildman–Crippen MR) is 90.3 cm³/mol. The predicted octanol–water partition coefficient (Wildman–Crippen LogP) is 4.49. The number of hydrogen-bond donors (Lipinski definition) is 2. The molecule has 2 N–H and O–H groups in total. The second kappa shape index (κ2) is 7.29. The number of anilines is 1. The number of carbonyl (C=O) groups is 1. The molecule has 0 fully saturated rings. The Morgan fingerprint density at radius 1 is 1.33 bits per heavy atom. The van der Waals surface area contributed by atoms with Gasteiger partial charge in [0.25, 0.3) is 5.91 Å². The van der Waals surface area contributed by atoms with Gasteiger partial charge in [0.15, 0.2) is 0 Å². The van der Waals surface area contributed by atoms with Gasteiger partial charge in [0, 0.05) is 22.7 Å². The number of amides is 1. The lowest BCUT2D eigenvalue weighted by atomic mass is 10.1. The van der Waals surface area contributed by atoms with Crippen LogP contribution in [0.2, 0.25) is 4.34 Å². The van der Waals surface area contributed by atoms with Crippen molar-refractivity contribution in [2.45, 2.75) is 13.0 Å². The largest absolute Gasteiger partial charge is 0.378 e. The van der Waals surface area contributed by atoms with E-state index in [2.05, 4.69) is 24.1 Å². The number of halogens is 1. The first-order chi connectivity index (χ1) is 10.1. The maximum absolute atomic E-state index is 11.8. The summed E-state index contributed by atoms with van der Waals surface area (Å²) >= 11 is 7.51. The van der Waals surface area contributed by atoms with Gasteiger partial charge in [0.1, 0.15) is 0 Å². The monoisotopic (exact) mass is 320 g/mol. The summed E-state index contributed by atoms with van der Waals surface area (Å²) in [5.41, 5.74) is 1.60. The average molecular weight is 321 g/mol. The minimum Gasteiger partial charge on any atom is -0.378 e. The molecule has 21 heavy (non-hydrogen) atoms. The van der Waals surface area contributed by atoms with Crippen molar-refractivity contribution in [1.29, 1.82) is 0 Å². The van der Waals surface area contributed by atoms with Gasteiger partial charge in [-0.3, -0.25) is 4.79 Å². The molecule has 2 rings (SSSR count). The Morgan fingerprint density at radius 2 is 2.05 bits per heavy atom. The van der Waals surface area contributed by atoms with Gasteiger partial charge < -0.3 is 10.6 Å². The second-order valence-electron chi connectivity index (χ2n) is 4.58. The molecule has 1 aromatic carbocycles. The highest BCUT2D eigenvalue weighted by Gasteiger charge is 2.09. The maximum Gasteiger partial charge on any atom is 0.251 e. The van der Waals surface area contributed by atoms with Gasteiger partial charge in [-0.1, -0.05) is 17.7 Å². The van der Waals surface area contributed by atoms with Crippen molar-refractivity contribution in [2.24, 2.45) is 0 Å². The zero-order valence-electron chi connectivity index (χ0n) is 11.7. The molecule has 2 aromatic rings. The molecule has 110 valence electrons. The molecule has 0 radical (unpaired) electrons. The first kappa shape index (κ1) is 15.6. The maximum atomic E-state index is 11.8. The second-order valence-corrected chi connectivity index (χ2v) is 6.33. The van der Waals surface area contributed by atoms with Crippen molar-refractivity contribution in [3.8, 4) is 0 Å². The van der Waals surface area contributed by atoms with Gasteiger partial charge >= 0.3 is 0 Å². The number of carbonyl (C=O) groups excluding carboxylic acids is 1. The third-order valence-electron chi connectivity index (χ3n) is 2.96. The van der Waals surface area contributed by atoms with Crippen molar-refractivity contribution in [3.63, 3.8) is 0 Å². The van der Waals surface area contributed by atoms with Gasteiger partial charge in [0.2, 0.25) is 0 Å². The van der Waals surface area contributed by atoms with Gasteiger partial charge in [-0.15, -0.1) is 17.9 Å². The molecule has 5 heteroatoms. The van der Waals surface area contributed by atoms with Crippen molar-refractivity contribution < 1.29 is 4.79 Å². The van der Waals surface area contributed by atoms with Crippen LogP contribution in [0.5, 0.6) is 0 Å². The summed E-state index contributed by atoms with van der Waals surface area (Å²) in [5.74, 6) is -0.0977. The van der Waals surface area contributed by atoms with Crippen LogP contribution in [0.15, 0.2) is 49.1 Å². The van der Waals surface area contributed by atoms with E-state index in [-0.39, 0.29) is 11.9 Å². The quantitative estimate of drug-likeness (QED) is 0.770. The minimum absolute atomic E-state index is 0.0977. The van der Waals surface area contributed by atoms with Gasteiger partial charge in [-0.25, -0.2) is 0 Å². The standard InChI is InChI=1S/C16H17ClN2OS/c1-3-10-18-16(20)12-4-6-13(7-5-12)19-11(2)14-8-9-15(17)21-14/h3-9,11,19H,1,10H2,2H3,(H,18,20). The first-order valence-electron chi connectivity index (χ1n) is 6.61. The van der Waals surface area contributed by atoms with Gasteiger partial charge in [0.05, 0.1) is 10.4 Å². The van der Waals surface area contributed by atoms with Crippen molar-refractivity contribution in [3.05, 3.63) is 63.8 Å². The number of thiophene rings is 1. The van der Waals surface area contributed by atoms with Crippen LogP contribution in [0.3, 0.4) is 0 Å². The van der Waals surface area contributed by atoms with Crippen LogP contribution in [0.4, 0.5) is 5.69 Å². The van der Waals surface area contributed by atoms with E-state index in [1.165, 1.54) is 4.88 Å². The SMILES string of the molecule is C=CCNC(=O)c1ccc(NC(C)c2ccc(Cl)s2)cc1. The highest BCUT2D eigenvalue weighted by Crippen LogP contribution is 2.28. The van der Waals surface area contributed by atoms with Crippen LogP contribution in [0, 0.1) is 0 Å². The smallest absolute Gasteiger partial charge is 0.251 e. The molecule has 0 saturated carbocycles. The summed E-state index contributed by atoms with van der Waals surface area (Å²) in [5, 5.41) is 6.13. The van der Waals surface area contributed by atoms with Crippen molar-refractivity contribution >= 4 is 34.5 Å². The fourth-order valence-electron chi connectivity index (χ4n) is 1.87. The van der Waals surface area contributed by atoms with E-state index >= 15 is 0 Å². The molecule has 0 aliphatic heterocycles. The number of hydrogen-bond acceptors (Lipinski definition) is 3. The van der Waals surface area contributed by atoms with Crippen LogP contribution in [-0.4, -0.2) is 12.5 Å². The van der Waals surface area contributed by atoms with Gasteiger partial charge in [-0.2, -0.15) is 0 Å². The highest BCUT2D eigenvalue weighted by molar-refractivity contribution is 7.16. The Bertz CT molecular complexity index is 621. The molecule has 1 amide bonds. The third-order valence-corrected chi connectivity index (χ3v) is 4.37. The zero-order valence-corrected chi connectivity index (χ0v) is 13.3. The fraction of sp³-hybridized carbons (Fsp3) is 0.188. The summed E-state index contributed by atoms with van der Waals surface area (Å²) in [4.78, 5) is 12.9. The summed E-state index contributed by atoms with van der Waals surface area (Å²) < 4.78 is 0.785. The Labute approximate surface area is 133 Å². The molecule has 0 bridgehead atoms. The molecule has 1 unspecified atom stereocenters. The molecule has 0 spiro atoms. The van der Waals surface area contributed by atoms with E-state index in [0.717, 1.165) is 10.0 Å². The molecule has 1 aromatic heterocycles. The topological polar surface area (TPSA) is 41.1 Å². The number of nitrogens with one attached hydrogen (secondary N) is 2. The molecule has 3 nitrogen and oxygen atoms in total. The summed E-state index contributed by atoms with van der Waals surface area (Å²) in [6.07, 6.45) is 1.65. The first-order valence-corrected chi connectivity index (χ1v) is 7.80. The molecule has 0 saturated heterocycles. The lowest BCUT2D eigenvalue weighted by Crippen LogP contribution is -2.23. The molecule has 1 atom stereocenters. The molecule has 1 heterocycles. The highest BCUT2D eigenvalue weighted by atomic mass is 35.5. The van der Waals surface area contributed by atoms with Gasteiger partial charge in [-0.05, 0) is 43.3 Å². The van der Waals surface area contributed by atoms with Crippen molar-refractivity contribution in [2.75, 3.05) is 11.9 Å². The Kier molecular flexibility index (Phi) is 5.42. The minimum atomic E-state index is -0.0977. The molecule has 0 aliphatic carbocycles. The van der Waals surface area contributed by atoms with Crippen molar-refractivity contribution in [1.82, 2.24) is 5.32 Å². The third kappa shape index (κ3) is 4.34. The van der Waals surface area contributed by atoms with E-state index in [1.54, 1.807) is 29.5 Å². The van der Waals surface area contributed by atoms with E-state index in [0.29, 0.717) is 12.1 Å². The lowest BCUT2D eigenvalue weighted by Gasteiger charge is -2.14. The van der Waals surface area contributed by atoms with Crippen LogP contribution in [0.25, 0.3) is 0 Å². The number of rotatable bonds is 6. The molecular formula is C16H17ClN2OS.